The first-order valence-corrected chi connectivity index (χ1v) is 5.74. The summed E-state index contributed by atoms with van der Waals surface area (Å²) in [5.74, 6) is -1.11. The largest absolute Gasteiger partial charge is 0.481 e. The van der Waals surface area contributed by atoms with Crippen LogP contribution >= 0.6 is 15.9 Å². The predicted molar refractivity (Wildman–Crippen MR) is 62.2 cm³/mol. The van der Waals surface area contributed by atoms with Crippen molar-refractivity contribution in [1.29, 1.82) is 0 Å². The van der Waals surface area contributed by atoms with Crippen molar-refractivity contribution in [1.82, 2.24) is 0 Å². The average Bonchev–Trinajstić information content (AvgIpc) is 2.38. The summed E-state index contributed by atoms with van der Waals surface area (Å²) in [7, 11) is 0. The van der Waals surface area contributed by atoms with Gasteiger partial charge in [-0.05, 0) is 30.5 Å². The van der Waals surface area contributed by atoms with Gasteiger partial charge in [-0.1, -0.05) is 22.0 Å². The lowest BCUT2D eigenvalue weighted by Gasteiger charge is -2.13. The Morgan fingerprint density at radius 2 is 2.33 bits per heavy atom. The second kappa shape index (κ2) is 4.23. The first-order chi connectivity index (χ1) is 7.18. The van der Waals surface area contributed by atoms with Crippen molar-refractivity contribution in [3.8, 4) is 0 Å². The second-order valence-corrected chi connectivity index (χ2v) is 4.61. The van der Waals surface area contributed by atoms with Crippen LogP contribution < -0.4 is 5.32 Å². The van der Waals surface area contributed by atoms with Crippen LogP contribution in [0.3, 0.4) is 0 Å². The van der Waals surface area contributed by atoms with Crippen molar-refractivity contribution in [3.05, 3.63) is 28.2 Å². The van der Waals surface area contributed by atoms with Gasteiger partial charge in [-0.15, -0.1) is 0 Å². The summed E-state index contributed by atoms with van der Waals surface area (Å²) in [5, 5.41) is 12.4. The summed E-state index contributed by atoms with van der Waals surface area (Å²) < 4.78 is 0.972. The van der Waals surface area contributed by atoms with E-state index in [1.807, 2.05) is 18.2 Å². The predicted octanol–water partition coefficient (Wildman–Crippen LogP) is 2.82. The smallest absolute Gasteiger partial charge is 0.311 e. The van der Waals surface area contributed by atoms with E-state index in [0.717, 1.165) is 28.7 Å². The molecule has 15 heavy (non-hydrogen) atoms. The molecule has 1 aromatic rings. The number of rotatable bonds is 1. The fraction of sp³-hybridized carbons (Fsp3) is 0.364. The van der Waals surface area contributed by atoms with E-state index in [1.54, 1.807) is 0 Å². The molecule has 2 rings (SSSR count). The third kappa shape index (κ3) is 2.15. The second-order valence-electron chi connectivity index (χ2n) is 3.69. The number of hydrogen-bond acceptors (Lipinski definition) is 2. The minimum Gasteiger partial charge on any atom is -0.481 e. The van der Waals surface area contributed by atoms with Crippen molar-refractivity contribution >= 4 is 27.6 Å². The molecule has 80 valence electrons. The lowest BCUT2D eigenvalue weighted by atomic mass is 9.94. The van der Waals surface area contributed by atoms with Gasteiger partial charge < -0.3 is 10.4 Å². The highest BCUT2D eigenvalue weighted by Crippen LogP contribution is 2.33. The molecule has 0 saturated carbocycles. The summed E-state index contributed by atoms with van der Waals surface area (Å²) in [4.78, 5) is 11.1. The van der Waals surface area contributed by atoms with Crippen LogP contribution in [0.25, 0.3) is 0 Å². The molecule has 0 radical (unpaired) electrons. The number of fused-ring (bicyclic) bond motifs is 1. The lowest BCUT2D eigenvalue weighted by Crippen LogP contribution is -2.11. The Morgan fingerprint density at radius 3 is 3.07 bits per heavy atom. The van der Waals surface area contributed by atoms with Gasteiger partial charge in [-0.2, -0.15) is 0 Å². The maximum Gasteiger partial charge on any atom is 0.311 e. The van der Waals surface area contributed by atoms with Gasteiger partial charge in [-0.3, -0.25) is 4.79 Å². The molecule has 0 bridgehead atoms. The van der Waals surface area contributed by atoms with Crippen molar-refractivity contribution in [2.24, 2.45) is 0 Å². The van der Waals surface area contributed by atoms with E-state index in [2.05, 4.69) is 21.2 Å². The summed E-state index contributed by atoms with van der Waals surface area (Å²) in [6, 6.07) is 5.72. The molecule has 1 aromatic carbocycles. The van der Waals surface area contributed by atoms with Crippen LogP contribution in [0.1, 0.15) is 24.3 Å². The molecule has 4 heteroatoms. The van der Waals surface area contributed by atoms with E-state index in [9.17, 15) is 4.79 Å². The van der Waals surface area contributed by atoms with Crippen LogP contribution in [0, 0.1) is 0 Å². The minimum absolute atomic E-state index is 0.372. The van der Waals surface area contributed by atoms with Gasteiger partial charge in [0, 0.05) is 16.7 Å². The molecule has 0 aliphatic carbocycles. The first-order valence-electron chi connectivity index (χ1n) is 4.94. The van der Waals surface area contributed by atoms with E-state index in [1.165, 1.54) is 0 Å². The molecule has 0 saturated heterocycles. The Kier molecular flexibility index (Phi) is 2.95. The number of anilines is 1. The normalized spacial score (nSPS) is 19.9. The number of carboxylic acid groups (broad SMARTS) is 1. The fourth-order valence-corrected chi connectivity index (χ4v) is 2.29. The number of hydrogen-bond donors (Lipinski definition) is 2. The van der Waals surface area contributed by atoms with Crippen molar-refractivity contribution in [2.75, 3.05) is 11.9 Å². The van der Waals surface area contributed by atoms with Crippen LogP contribution in [0.4, 0.5) is 5.69 Å². The lowest BCUT2D eigenvalue weighted by molar-refractivity contribution is -0.138. The molecule has 2 N–H and O–H groups in total. The Morgan fingerprint density at radius 1 is 1.53 bits per heavy atom. The number of nitrogens with one attached hydrogen (secondary N) is 1. The van der Waals surface area contributed by atoms with Crippen LogP contribution in [0.5, 0.6) is 0 Å². The Hall–Kier alpha value is -1.03. The average molecular weight is 270 g/mol. The molecular formula is C11H12BrNO2. The maximum absolute atomic E-state index is 11.1. The Labute approximate surface area is 96.6 Å². The quantitative estimate of drug-likeness (QED) is 0.825. The highest BCUT2D eigenvalue weighted by Gasteiger charge is 2.24. The van der Waals surface area contributed by atoms with E-state index in [4.69, 9.17) is 5.11 Å². The van der Waals surface area contributed by atoms with Gasteiger partial charge in [0.05, 0.1) is 5.92 Å². The standard InChI is InChI=1S/C11H12BrNO2/c12-7-3-4-8-9(11(14)15)2-1-5-13-10(8)6-7/h3-4,6,9,13H,1-2,5H2,(H,14,15). The number of carboxylic acids is 1. The van der Waals surface area contributed by atoms with Gasteiger partial charge in [0.2, 0.25) is 0 Å². The van der Waals surface area contributed by atoms with Crippen LogP contribution in [0.15, 0.2) is 22.7 Å². The van der Waals surface area contributed by atoms with Crippen molar-refractivity contribution < 1.29 is 9.90 Å². The molecule has 3 nitrogen and oxygen atoms in total. The molecular weight excluding hydrogens is 258 g/mol. The zero-order valence-electron chi connectivity index (χ0n) is 8.16. The van der Waals surface area contributed by atoms with Crippen LogP contribution in [-0.2, 0) is 4.79 Å². The van der Waals surface area contributed by atoms with Gasteiger partial charge >= 0.3 is 5.97 Å². The molecule has 1 atom stereocenters. The summed E-state index contributed by atoms with van der Waals surface area (Å²) in [5.41, 5.74) is 1.83. The van der Waals surface area contributed by atoms with Crippen LogP contribution in [0.2, 0.25) is 0 Å². The molecule has 0 spiro atoms. The number of halogens is 1. The summed E-state index contributed by atoms with van der Waals surface area (Å²) in [6.07, 6.45) is 1.60. The number of carbonyl (C=O) groups is 1. The van der Waals surface area contributed by atoms with Crippen molar-refractivity contribution in [2.45, 2.75) is 18.8 Å². The summed E-state index contributed by atoms with van der Waals surface area (Å²) >= 11 is 3.39. The summed E-state index contributed by atoms with van der Waals surface area (Å²) in [6.45, 7) is 0.841. The van der Waals surface area contributed by atoms with Crippen molar-refractivity contribution in [3.63, 3.8) is 0 Å². The number of benzene rings is 1. The molecule has 0 fully saturated rings. The topological polar surface area (TPSA) is 49.3 Å². The SMILES string of the molecule is O=C(O)C1CCCNc2cc(Br)ccc21. The van der Waals surface area contributed by atoms with E-state index >= 15 is 0 Å². The Bertz CT molecular complexity index is 392. The number of aliphatic carboxylic acids is 1. The maximum atomic E-state index is 11.1. The van der Waals surface area contributed by atoms with E-state index in [-0.39, 0.29) is 5.92 Å². The fourth-order valence-electron chi connectivity index (χ4n) is 1.93. The van der Waals surface area contributed by atoms with Gasteiger partial charge in [0.15, 0.2) is 0 Å². The van der Waals surface area contributed by atoms with Gasteiger partial charge in [-0.25, -0.2) is 0 Å². The Balaban J connectivity index is 2.45. The molecule has 1 unspecified atom stereocenters. The molecule has 1 heterocycles. The zero-order chi connectivity index (χ0) is 10.8. The monoisotopic (exact) mass is 269 g/mol. The van der Waals surface area contributed by atoms with Gasteiger partial charge in [0.25, 0.3) is 0 Å². The molecule has 0 amide bonds. The third-order valence-electron chi connectivity index (χ3n) is 2.67. The third-order valence-corrected chi connectivity index (χ3v) is 3.17. The highest BCUT2D eigenvalue weighted by atomic mass is 79.9. The van der Waals surface area contributed by atoms with Gasteiger partial charge in [0.1, 0.15) is 0 Å². The first kappa shape index (κ1) is 10.5. The zero-order valence-corrected chi connectivity index (χ0v) is 9.75. The molecule has 1 aliphatic rings. The molecule has 1 aliphatic heterocycles. The minimum atomic E-state index is -0.734. The molecule has 0 aromatic heterocycles. The highest BCUT2D eigenvalue weighted by molar-refractivity contribution is 9.10. The van der Waals surface area contributed by atoms with E-state index in [0.29, 0.717) is 6.42 Å². The van der Waals surface area contributed by atoms with E-state index < -0.39 is 5.97 Å². The van der Waals surface area contributed by atoms with Crippen LogP contribution in [-0.4, -0.2) is 17.6 Å².